The molecular formula is C18H27Cl3N6O2. The molecule has 2 heterocycles. The Hall–Kier alpha value is -1.58. The van der Waals surface area contributed by atoms with Crippen LogP contribution in [0.1, 0.15) is 29.4 Å². The molecule has 1 aromatic carbocycles. The van der Waals surface area contributed by atoms with Crippen molar-refractivity contribution in [3.63, 3.8) is 0 Å². The highest BCUT2D eigenvalue weighted by molar-refractivity contribution is 6.32. The number of piperidine rings is 1. The summed E-state index contributed by atoms with van der Waals surface area (Å²) in [7, 11) is 3.95. The molecule has 0 bridgehead atoms. The first-order valence-electron chi connectivity index (χ1n) is 9.04. The van der Waals surface area contributed by atoms with Crippen molar-refractivity contribution in [2.24, 2.45) is 0 Å². The Labute approximate surface area is 188 Å². The summed E-state index contributed by atoms with van der Waals surface area (Å²) in [6.07, 6.45) is 3.66. The number of hydrogen-bond acceptors (Lipinski definition) is 6. The second-order valence-electron chi connectivity index (χ2n) is 6.82. The SMILES string of the molecule is CN(C)CCOc1ccc(NC(=O)c2cn(C3CCNCC3)nn2)cc1Cl.Cl.Cl. The van der Waals surface area contributed by atoms with Crippen molar-refractivity contribution < 1.29 is 9.53 Å². The number of benzene rings is 1. The van der Waals surface area contributed by atoms with Gasteiger partial charge in [-0.3, -0.25) is 4.79 Å². The molecule has 29 heavy (non-hydrogen) atoms. The fraction of sp³-hybridized carbons (Fsp3) is 0.500. The van der Waals surface area contributed by atoms with Crippen LogP contribution in [0.25, 0.3) is 0 Å². The molecule has 0 saturated carbocycles. The summed E-state index contributed by atoms with van der Waals surface area (Å²) in [5, 5.41) is 14.7. The van der Waals surface area contributed by atoms with Gasteiger partial charge in [-0.2, -0.15) is 0 Å². The number of ether oxygens (including phenoxy) is 1. The third kappa shape index (κ3) is 7.31. The zero-order valence-corrected chi connectivity index (χ0v) is 18.8. The number of nitrogens with one attached hydrogen (secondary N) is 2. The van der Waals surface area contributed by atoms with E-state index in [1.807, 2.05) is 19.0 Å². The van der Waals surface area contributed by atoms with E-state index in [0.717, 1.165) is 32.5 Å². The molecule has 2 N–H and O–H groups in total. The molecule has 2 aromatic rings. The van der Waals surface area contributed by atoms with Crippen LogP contribution in [0.2, 0.25) is 5.02 Å². The molecule has 0 aliphatic carbocycles. The van der Waals surface area contributed by atoms with Crippen LogP contribution in [-0.2, 0) is 0 Å². The number of rotatable bonds is 7. The number of amides is 1. The first kappa shape index (κ1) is 25.5. The Bertz CT molecular complexity index is 781. The molecule has 8 nitrogen and oxygen atoms in total. The quantitative estimate of drug-likeness (QED) is 0.654. The van der Waals surface area contributed by atoms with Crippen molar-refractivity contribution in [3.05, 3.63) is 35.1 Å². The molecule has 1 aromatic heterocycles. The number of anilines is 1. The minimum atomic E-state index is -0.312. The predicted octanol–water partition coefficient (Wildman–Crippen LogP) is 2.89. The van der Waals surface area contributed by atoms with Crippen molar-refractivity contribution in [1.82, 2.24) is 25.2 Å². The van der Waals surface area contributed by atoms with E-state index in [1.54, 1.807) is 29.1 Å². The number of carbonyl (C=O) groups is 1. The summed E-state index contributed by atoms with van der Waals surface area (Å²) in [5.74, 6) is 0.279. The molecular weight excluding hydrogens is 439 g/mol. The lowest BCUT2D eigenvalue weighted by Gasteiger charge is -2.22. The van der Waals surface area contributed by atoms with Crippen molar-refractivity contribution in [3.8, 4) is 5.75 Å². The number of halogens is 3. The van der Waals surface area contributed by atoms with Crippen molar-refractivity contribution in [1.29, 1.82) is 0 Å². The van der Waals surface area contributed by atoms with E-state index in [4.69, 9.17) is 16.3 Å². The van der Waals surface area contributed by atoms with Crippen molar-refractivity contribution in [2.45, 2.75) is 18.9 Å². The second kappa shape index (κ2) is 12.2. The number of carbonyl (C=O) groups excluding carboxylic acids is 1. The molecule has 1 amide bonds. The zero-order chi connectivity index (χ0) is 19.2. The first-order valence-corrected chi connectivity index (χ1v) is 9.41. The molecule has 0 atom stereocenters. The Kier molecular flexibility index (Phi) is 10.7. The van der Waals surface area contributed by atoms with Crippen LogP contribution in [0.5, 0.6) is 5.75 Å². The number of aromatic nitrogens is 3. The Morgan fingerprint density at radius 1 is 1.34 bits per heavy atom. The minimum absolute atomic E-state index is 0. The maximum absolute atomic E-state index is 12.4. The third-order valence-corrected chi connectivity index (χ3v) is 4.71. The van der Waals surface area contributed by atoms with Gasteiger partial charge in [0.25, 0.3) is 5.91 Å². The van der Waals surface area contributed by atoms with Crippen LogP contribution in [0.4, 0.5) is 5.69 Å². The number of hydrogen-bond donors (Lipinski definition) is 2. The van der Waals surface area contributed by atoms with Gasteiger partial charge in [-0.1, -0.05) is 16.8 Å². The molecule has 1 aliphatic rings. The molecule has 1 fully saturated rings. The van der Waals surface area contributed by atoms with Gasteiger partial charge in [0.2, 0.25) is 0 Å². The molecule has 0 spiro atoms. The van der Waals surface area contributed by atoms with Gasteiger partial charge in [-0.15, -0.1) is 29.9 Å². The van der Waals surface area contributed by atoms with E-state index in [-0.39, 0.29) is 42.5 Å². The van der Waals surface area contributed by atoms with Gasteiger partial charge in [-0.05, 0) is 58.2 Å². The summed E-state index contributed by atoms with van der Waals surface area (Å²) in [6.45, 7) is 3.24. The lowest BCUT2D eigenvalue weighted by molar-refractivity contribution is 0.102. The number of nitrogens with zero attached hydrogens (tertiary/aromatic N) is 4. The normalized spacial score (nSPS) is 14.1. The predicted molar refractivity (Wildman–Crippen MR) is 119 cm³/mol. The van der Waals surface area contributed by atoms with Crippen molar-refractivity contribution >= 4 is 48.0 Å². The molecule has 11 heteroatoms. The molecule has 0 unspecified atom stereocenters. The van der Waals surface area contributed by atoms with Gasteiger partial charge >= 0.3 is 0 Å². The molecule has 162 valence electrons. The summed E-state index contributed by atoms with van der Waals surface area (Å²) in [6, 6.07) is 5.46. The summed E-state index contributed by atoms with van der Waals surface area (Å²) in [4.78, 5) is 14.5. The largest absolute Gasteiger partial charge is 0.491 e. The molecule has 3 rings (SSSR count). The standard InChI is InChI=1S/C18H25ClN6O2.2ClH/c1-24(2)9-10-27-17-4-3-13(11-15(17)19)21-18(26)16-12-25(23-22-16)14-5-7-20-8-6-14;;/h3-4,11-12,14,20H,5-10H2,1-2H3,(H,21,26);2*1H. The van der Waals surface area contributed by atoms with Gasteiger partial charge in [0.1, 0.15) is 12.4 Å². The Balaban J connectivity index is 0.00000210. The van der Waals surface area contributed by atoms with Crippen LogP contribution in [0.15, 0.2) is 24.4 Å². The second-order valence-corrected chi connectivity index (χ2v) is 7.22. The van der Waals surface area contributed by atoms with E-state index in [2.05, 4.69) is 20.9 Å². The Morgan fingerprint density at radius 3 is 2.72 bits per heavy atom. The zero-order valence-electron chi connectivity index (χ0n) is 16.4. The Morgan fingerprint density at radius 2 is 2.07 bits per heavy atom. The van der Waals surface area contributed by atoms with Crippen LogP contribution in [0.3, 0.4) is 0 Å². The molecule has 0 radical (unpaired) electrons. The number of likely N-dealkylation sites (N-methyl/N-ethyl adjacent to an activating group) is 1. The van der Waals surface area contributed by atoms with Gasteiger partial charge in [0, 0.05) is 12.2 Å². The average Bonchev–Trinajstić information content (AvgIpc) is 3.14. The summed E-state index contributed by atoms with van der Waals surface area (Å²) < 4.78 is 7.43. The topological polar surface area (TPSA) is 84.3 Å². The van der Waals surface area contributed by atoms with E-state index in [0.29, 0.717) is 23.1 Å². The molecule has 1 aliphatic heterocycles. The van der Waals surface area contributed by atoms with Crippen LogP contribution < -0.4 is 15.4 Å². The fourth-order valence-electron chi connectivity index (χ4n) is 2.86. The monoisotopic (exact) mass is 464 g/mol. The lowest BCUT2D eigenvalue weighted by Crippen LogP contribution is -2.29. The maximum atomic E-state index is 12.4. The highest BCUT2D eigenvalue weighted by Crippen LogP contribution is 2.28. The van der Waals surface area contributed by atoms with Crippen LogP contribution >= 0.6 is 36.4 Å². The van der Waals surface area contributed by atoms with Gasteiger partial charge in [0.15, 0.2) is 5.69 Å². The highest BCUT2D eigenvalue weighted by atomic mass is 35.5. The fourth-order valence-corrected chi connectivity index (χ4v) is 3.09. The van der Waals surface area contributed by atoms with Gasteiger partial charge in [0.05, 0.1) is 17.3 Å². The van der Waals surface area contributed by atoms with Crippen LogP contribution in [0, 0.1) is 0 Å². The lowest BCUT2D eigenvalue weighted by atomic mass is 10.1. The van der Waals surface area contributed by atoms with Gasteiger partial charge in [-0.25, -0.2) is 4.68 Å². The van der Waals surface area contributed by atoms with E-state index in [9.17, 15) is 4.79 Å². The van der Waals surface area contributed by atoms with Gasteiger partial charge < -0.3 is 20.3 Å². The summed E-state index contributed by atoms with van der Waals surface area (Å²) in [5.41, 5.74) is 0.873. The smallest absolute Gasteiger partial charge is 0.277 e. The average molecular weight is 466 g/mol. The first-order chi connectivity index (χ1) is 13.0. The van der Waals surface area contributed by atoms with E-state index >= 15 is 0 Å². The highest BCUT2D eigenvalue weighted by Gasteiger charge is 2.19. The van der Waals surface area contributed by atoms with E-state index < -0.39 is 0 Å². The minimum Gasteiger partial charge on any atom is -0.491 e. The maximum Gasteiger partial charge on any atom is 0.277 e. The summed E-state index contributed by atoms with van der Waals surface area (Å²) >= 11 is 6.25. The molecule has 1 saturated heterocycles. The van der Waals surface area contributed by atoms with E-state index in [1.165, 1.54) is 0 Å². The van der Waals surface area contributed by atoms with Crippen molar-refractivity contribution in [2.75, 3.05) is 45.7 Å². The van der Waals surface area contributed by atoms with Crippen LogP contribution in [-0.4, -0.2) is 66.1 Å². The third-order valence-electron chi connectivity index (χ3n) is 4.41.